The molecule has 2 unspecified atom stereocenters. The van der Waals surface area contributed by atoms with Crippen molar-refractivity contribution in [1.82, 2.24) is 9.88 Å². The Morgan fingerprint density at radius 1 is 1.15 bits per heavy atom. The van der Waals surface area contributed by atoms with Crippen LogP contribution in [0.3, 0.4) is 0 Å². The van der Waals surface area contributed by atoms with E-state index in [1.807, 2.05) is 0 Å². The van der Waals surface area contributed by atoms with Crippen LogP contribution in [-0.4, -0.2) is 40.7 Å². The second-order valence-electron chi connectivity index (χ2n) is 8.57. The van der Waals surface area contributed by atoms with E-state index in [0.29, 0.717) is 23.4 Å². The third-order valence-corrected chi connectivity index (χ3v) is 6.83. The van der Waals surface area contributed by atoms with Crippen LogP contribution in [0.25, 0.3) is 0 Å². The molecule has 7 heteroatoms. The molecule has 1 N–H and O–H groups in total. The van der Waals surface area contributed by atoms with Gasteiger partial charge in [0.1, 0.15) is 0 Å². The van der Waals surface area contributed by atoms with Crippen LogP contribution in [0.4, 0.5) is 14.5 Å². The molecular formula is C19H21F2N3O2. The molecule has 0 aromatic carbocycles. The van der Waals surface area contributed by atoms with Gasteiger partial charge in [0.25, 0.3) is 11.8 Å². The van der Waals surface area contributed by atoms with E-state index in [4.69, 9.17) is 0 Å². The third kappa shape index (κ3) is 2.28. The highest BCUT2D eigenvalue weighted by Gasteiger charge is 2.61. The normalized spacial score (nSPS) is 36.1. The van der Waals surface area contributed by atoms with E-state index >= 15 is 0 Å². The molecule has 1 aliphatic heterocycles. The van der Waals surface area contributed by atoms with E-state index in [0.717, 1.165) is 30.6 Å². The van der Waals surface area contributed by atoms with Gasteiger partial charge in [0.05, 0.1) is 24.2 Å². The second kappa shape index (κ2) is 5.24. The number of hydrogen-bond acceptors (Lipinski definition) is 3. The summed E-state index contributed by atoms with van der Waals surface area (Å²) in [4.78, 5) is 30.8. The average molecular weight is 361 g/mol. The standard InChI is InChI=1S/C19H21F2N3O2/c20-19(21)9-24(10-19)16(25)15-14(2-1-3-22-15)23-17(26)18-7-11-4-12(8-18)6-13(18)5-11/h1-3,11-13H,4-10H2,(H,23,26). The quantitative estimate of drug-likeness (QED) is 0.900. The van der Waals surface area contributed by atoms with Crippen LogP contribution in [0, 0.1) is 23.2 Å². The lowest BCUT2D eigenvalue weighted by atomic mass is 9.75. The average Bonchev–Trinajstić information content (AvgIpc) is 2.98. The highest BCUT2D eigenvalue weighted by atomic mass is 19.3. The summed E-state index contributed by atoms with van der Waals surface area (Å²) in [5.74, 6) is -1.66. The number of hydrogen-bond donors (Lipinski definition) is 1. The van der Waals surface area contributed by atoms with Crippen molar-refractivity contribution in [1.29, 1.82) is 0 Å². The minimum atomic E-state index is -2.82. The van der Waals surface area contributed by atoms with Crippen LogP contribution in [-0.2, 0) is 4.79 Å². The highest BCUT2D eigenvalue weighted by Crippen LogP contribution is 2.65. The summed E-state index contributed by atoms with van der Waals surface area (Å²) in [5.41, 5.74) is 0.0665. The van der Waals surface area contributed by atoms with Gasteiger partial charge in [0, 0.05) is 6.20 Å². The summed E-state index contributed by atoms with van der Waals surface area (Å²) in [6, 6.07) is 3.28. The summed E-state index contributed by atoms with van der Waals surface area (Å²) in [6.07, 6.45) is 6.81. The van der Waals surface area contributed by atoms with E-state index in [2.05, 4.69) is 10.3 Å². The van der Waals surface area contributed by atoms with Gasteiger partial charge in [-0.25, -0.2) is 13.8 Å². The Kier molecular flexibility index (Phi) is 3.25. The van der Waals surface area contributed by atoms with E-state index in [9.17, 15) is 18.4 Å². The fourth-order valence-corrected chi connectivity index (χ4v) is 5.90. The van der Waals surface area contributed by atoms with Gasteiger partial charge >= 0.3 is 0 Å². The van der Waals surface area contributed by atoms with Crippen molar-refractivity contribution in [2.24, 2.45) is 23.2 Å². The Labute approximate surface area is 150 Å². The smallest absolute Gasteiger partial charge is 0.282 e. The van der Waals surface area contributed by atoms with Crippen LogP contribution in [0.5, 0.6) is 0 Å². The monoisotopic (exact) mass is 361 g/mol. The number of carbonyl (C=O) groups excluding carboxylic acids is 2. The predicted molar refractivity (Wildman–Crippen MR) is 89.7 cm³/mol. The maximum absolute atomic E-state index is 13.1. The van der Waals surface area contributed by atoms with Gasteiger partial charge in [-0.2, -0.15) is 0 Å². The van der Waals surface area contributed by atoms with E-state index in [-0.39, 0.29) is 17.0 Å². The zero-order valence-corrected chi connectivity index (χ0v) is 14.4. The Bertz CT molecular complexity index is 775. The van der Waals surface area contributed by atoms with Gasteiger partial charge in [0.15, 0.2) is 5.69 Å². The number of amides is 2. The second-order valence-corrected chi connectivity index (χ2v) is 8.57. The molecule has 26 heavy (non-hydrogen) atoms. The minimum absolute atomic E-state index is 0.0248. The third-order valence-electron chi connectivity index (χ3n) is 6.83. The van der Waals surface area contributed by atoms with Crippen molar-refractivity contribution in [3.63, 3.8) is 0 Å². The van der Waals surface area contributed by atoms with E-state index < -0.39 is 24.9 Å². The topological polar surface area (TPSA) is 62.3 Å². The number of rotatable bonds is 3. The van der Waals surface area contributed by atoms with Crippen molar-refractivity contribution < 1.29 is 18.4 Å². The molecule has 1 aromatic rings. The van der Waals surface area contributed by atoms with Gasteiger partial charge < -0.3 is 10.2 Å². The molecule has 2 atom stereocenters. The Morgan fingerprint density at radius 2 is 1.85 bits per heavy atom. The molecule has 1 aromatic heterocycles. The molecular weight excluding hydrogens is 340 g/mol. The molecule has 5 fully saturated rings. The molecule has 5 aliphatic rings. The summed E-state index contributed by atoms with van der Waals surface area (Å²) < 4.78 is 26.2. The number of anilines is 1. The number of carbonyl (C=O) groups is 2. The SMILES string of the molecule is O=C(c1ncccc1NC(=O)C12CC3CC(CC1C3)C2)N1CC(F)(F)C1. The molecule has 4 bridgehead atoms. The lowest BCUT2D eigenvalue weighted by molar-refractivity contribution is -0.127. The number of halogens is 2. The highest BCUT2D eigenvalue weighted by molar-refractivity contribution is 6.04. The molecule has 5 nitrogen and oxygen atoms in total. The first-order chi connectivity index (χ1) is 12.4. The van der Waals surface area contributed by atoms with Crippen LogP contribution >= 0.6 is 0 Å². The van der Waals surface area contributed by atoms with Gasteiger partial charge in [-0.05, 0) is 62.0 Å². The molecule has 0 radical (unpaired) electrons. The van der Waals surface area contributed by atoms with Crippen molar-refractivity contribution in [3.8, 4) is 0 Å². The number of aromatic nitrogens is 1. The number of alkyl halides is 2. The first-order valence-corrected chi connectivity index (χ1v) is 9.30. The van der Waals surface area contributed by atoms with Crippen molar-refractivity contribution in [3.05, 3.63) is 24.0 Å². The summed E-state index contributed by atoms with van der Waals surface area (Å²) in [5, 5.41) is 2.92. The maximum atomic E-state index is 13.1. The molecule has 6 rings (SSSR count). The number of nitrogens with zero attached hydrogens (tertiary/aromatic N) is 2. The fourth-order valence-electron chi connectivity index (χ4n) is 5.90. The number of nitrogens with one attached hydrogen (secondary N) is 1. The van der Waals surface area contributed by atoms with Crippen LogP contribution in [0.2, 0.25) is 0 Å². The van der Waals surface area contributed by atoms with Crippen LogP contribution < -0.4 is 5.32 Å². The van der Waals surface area contributed by atoms with E-state index in [1.54, 1.807) is 12.1 Å². The number of pyridine rings is 1. The lowest BCUT2D eigenvalue weighted by Crippen LogP contribution is -2.58. The summed E-state index contributed by atoms with van der Waals surface area (Å²) >= 11 is 0. The van der Waals surface area contributed by atoms with Gasteiger partial charge in [-0.3, -0.25) is 9.59 Å². The summed E-state index contributed by atoms with van der Waals surface area (Å²) in [7, 11) is 0. The molecule has 1 saturated heterocycles. The lowest BCUT2D eigenvalue weighted by Gasteiger charge is -2.38. The molecule has 4 saturated carbocycles. The number of likely N-dealkylation sites (tertiary alicyclic amines) is 1. The van der Waals surface area contributed by atoms with Crippen molar-refractivity contribution >= 4 is 17.5 Å². The zero-order valence-electron chi connectivity index (χ0n) is 14.4. The Hall–Kier alpha value is -2.05. The molecule has 138 valence electrons. The Morgan fingerprint density at radius 3 is 2.50 bits per heavy atom. The fraction of sp³-hybridized carbons (Fsp3) is 0.632. The molecule has 4 aliphatic carbocycles. The van der Waals surface area contributed by atoms with Gasteiger partial charge in [-0.15, -0.1) is 0 Å². The molecule has 2 amide bonds. The first kappa shape index (κ1) is 16.1. The minimum Gasteiger partial charge on any atom is -0.325 e. The summed E-state index contributed by atoms with van der Waals surface area (Å²) in [6.45, 7) is -1.18. The van der Waals surface area contributed by atoms with Crippen molar-refractivity contribution in [2.75, 3.05) is 18.4 Å². The van der Waals surface area contributed by atoms with Crippen molar-refractivity contribution in [2.45, 2.75) is 38.0 Å². The zero-order chi connectivity index (χ0) is 18.1. The Balaban J connectivity index is 1.37. The maximum Gasteiger partial charge on any atom is 0.282 e. The van der Waals surface area contributed by atoms with Gasteiger partial charge in [0.2, 0.25) is 5.91 Å². The van der Waals surface area contributed by atoms with E-state index in [1.165, 1.54) is 12.6 Å². The predicted octanol–water partition coefficient (Wildman–Crippen LogP) is 2.94. The molecule has 0 spiro atoms. The first-order valence-electron chi connectivity index (χ1n) is 9.30. The van der Waals surface area contributed by atoms with Crippen LogP contribution in [0.1, 0.15) is 42.6 Å². The van der Waals surface area contributed by atoms with Gasteiger partial charge in [-0.1, -0.05) is 0 Å². The van der Waals surface area contributed by atoms with Crippen LogP contribution in [0.15, 0.2) is 18.3 Å². The largest absolute Gasteiger partial charge is 0.325 e. The molecule has 2 heterocycles.